The molecule has 31 heavy (non-hydrogen) atoms. The van der Waals surface area contributed by atoms with Gasteiger partial charge in [-0.05, 0) is 55.2 Å². The van der Waals surface area contributed by atoms with E-state index in [1.165, 1.54) is 30.0 Å². The van der Waals surface area contributed by atoms with Gasteiger partial charge in [0, 0.05) is 19.7 Å². The molecule has 0 unspecified atom stereocenters. The largest absolute Gasteiger partial charge is 0.383 e. The zero-order valence-corrected chi connectivity index (χ0v) is 21.4. The maximum absolute atomic E-state index is 5.57. The van der Waals surface area contributed by atoms with Crippen molar-refractivity contribution in [2.45, 2.75) is 44.9 Å². The molecule has 1 aliphatic carbocycles. The molecule has 0 saturated carbocycles. The van der Waals surface area contributed by atoms with Crippen LogP contribution in [-0.2, 0) is 4.74 Å². The zero-order chi connectivity index (χ0) is 21.8. The van der Waals surface area contributed by atoms with Crippen LogP contribution in [0.1, 0.15) is 19.3 Å². The smallest absolute Gasteiger partial charge is 0.0776 e. The molecule has 2 nitrogen and oxygen atoms in total. The van der Waals surface area contributed by atoms with Gasteiger partial charge in [-0.1, -0.05) is 91.6 Å². The molecule has 0 bridgehead atoms. The number of hydrogen-bond acceptors (Lipinski definition) is 2. The van der Waals surface area contributed by atoms with E-state index >= 15 is 0 Å². The second-order valence-corrected chi connectivity index (χ2v) is 17.0. The summed E-state index contributed by atoms with van der Waals surface area (Å²) < 4.78 is 5.57. The van der Waals surface area contributed by atoms with Crippen LogP contribution in [0.5, 0.6) is 0 Å². The summed E-state index contributed by atoms with van der Waals surface area (Å²) >= 11 is 0. The van der Waals surface area contributed by atoms with Gasteiger partial charge >= 0.3 is 0 Å². The number of nitrogens with zero attached hydrogens (tertiary/aromatic N) is 1. The average Bonchev–Trinajstić information content (AvgIpc) is 3.38. The topological polar surface area (TPSA) is 12.5 Å². The van der Waals surface area contributed by atoms with Gasteiger partial charge in [0.05, 0.1) is 14.7 Å². The van der Waals surface area contributed by atoms with Gasteiger partial charge < -0.3 is 4.74 Å². The maximum atomic E-state index is 5.57. The highest BCUT2D eigenvalue weighted by atomic mass is 31.1. The van der Waals surface area contributed by atoms with Crippen molar-refractivity contribution in [3.8, 4) is 0 Å². The fraction of sp³-hybridized carbons (Fsp3) is 0.407. The number of methoxy groups -OCH3 is 1. The zero-order valence-electron chi connectivity index (χ0n) is 19.5. The SMILES string of the molecule is COC[C@@H]1CCCN1CC1=C(P(c2ccccc2)c2ccccc2)CC=C1[Si](C)(C)C. The van der Waals surface area contributed by atoms with Gasteiger partial charge in [0.25, 0.3) is 0 Å². The molecule has 4 rings (SSSR count). The fourth-order valence-electron chi connectivity index (χ4n) is 5.06. The van der Waals surface area contributed by atoms with Crippen molar-refractivity contribution in [1.29, 1.82) is 0 Å². The van der Waals surface area contributed by atoms with Crippen molar-refractivity contribution < 1.29 is 4.74 Å². The Morgan fingerprint density at radius 3 is 2.13 bits per heavy atom. The van der Waals surface area contributed by atoms with Gasteiger partial charge in [-0.25, -0.2) is 0 Å². The Bertz CT molecular complexity index is 893. The molecule has 0 amide bonds. The highest BCUT2D eigenvalue weighted by Crippen LogP contribution is 2.52. The minimum atomic E-state index is -1.43. The van der Waals surface area contributed by atoms with Gasteiger partial charge in [-0.2, -0.15) is 0 Å². The minimum Gasteiger partial charge on any atom is -0.383 e. The van der Waals surface area contributed by atoms with Gasteiger partial charge in [-0.3, -0.25) is 4.90 Å². The van der Waals surface area contributed by atoms with Crippen molar-refractivity contribution in [2.75, 3.05) is 26.8 Å². The molecule has 1 saturated heterocycles. The van der Waals surface area contributed by atoms with Crippen LogP contribution in [0.25, 0.3) is 0 Å². The van der Waals surface area contributed by atoms with E-state index in [1.54, 1.807) is 16.1 Å². The third kappa shape index (κ3) is 5.12. The predicted octanol–water partition coefficient (Wildman–Crippen LogP) is 5.69. The number of hydrogen-bond donors (Lipinski definition) is 0. The summed E-state index contributed by atoms with van der Waals surface area (Å²) in [7, 11) is -0.108. The molecular formula is C27H36NOPSi. The van der Waals surface area contributed by atoms with Gasteiger partial charge in [0.1, 0.15) is 0 Å². The first kappa shape index (κ1) is 22.7. The van der Waals surface area contributed by atoms with Gasteiger partial charge in [0.15, 0.2) is 0 Å². The number of allylic oxidation sites excluding steroid dienone is 2. The van der Waals surface area contributed by atoms with Gasteiger partial charge in [-0.15, -0.1) is 0 Å². The molecule has 4 heteroatoms. The molecule has 1 fully saturated rings. The van der Waals surface area contributed by atoms with Crippen molar-refractivity contribution in [3.63, 3.8) is 0 Å². The van der Waals surface area contributed by atoms with E-state index in [-0.39, 0.29) is 0 Å². The first-order chi connectivity index (χ1) is 15.0. The van der Waals surface area contributed by atoms with Crippen LogP contribution >= 0.6 is 7.92 Å². The van der Waals surface area contributed by atoms with Crippen molar-refractivity contribution in [1.82, 2.24) is 4.90 Å². The molecule has 164 valence electrons. The quantitative estimate of drug-likeness (QED) is 0.379. The van der Waals surface area contributed by atoms with Gasteiger partial charge in [0.2, 0.25) is 0 Å². The predicted molar refractivity (Wildman–Crippen MR) is 139 cm³/mol. The second kappa shape index (κ2) is 9.96. The van der Waals surface area contributed by atoms with Crippen LogP contribution < -0.4 is 10.6 Å². The van der Waals surface area contributed by atoms with E-state index in [9.17, 15) is 0 Å². The molecule has 1 heterocycles. The lowest BCUT2D eigenvalue weighted by molar-refractivity contribution is 0.121. The van der Waals surface area contributed by atoms with E-state index in [1.807, 2.05) is 7.11 Å². The summed E-state index contributed by atoms with van der Waals surface area (Å²) in [5.74, 6) is 0. The summed E-state index contributed by atoms with van der Waals surface area (Å²) in [6, 6.07) is 23.0. The standard InChI is InChI=1S/C27H36NOPSi/c1-29-21-22-12-11-19-28(22)20-25-26(17-18-27(25)31(2,3)4)30(23-13-7-5-8-14-23)24-15-9-6-10-16-24/h5-10,13-16,18,22H,11-12,17,19-21H2,1-4H3/t22-/m0/s1. The van der Waals surface area contributed by atoms with Crippen molar-refractivity contribution >= 4 is 26.6 Å². The molecule has 0 radical (unpaired) electrons. The lowest BCUT2D eigenvalue weighted by Gasteiger charge is -2.31. The van der Waals surface area contributed by atoms with E-state index in [2.05, 4.69) is 91.3 Å². The number of rotatable bonds is 8. The Balaban J connectivity index is 1.79. The van der Waals surface area contributed by atoms with Crippen LogP contribution in [0.4, 0.5) is 0 Å². The van der Waals surface area contributed by atoms with Crippen LogP contribution in [0, 0.1) is 0 Å². The van der Waals surface area contributed by atoms with Crippen LogP contribution in [0.3, 0.4) is 0 Å². The van der Waals surface area contributed by atoms with E-state index in [0.717, 1.165) is 19.6 Å². The molecule has 2 aliphatic rings. The van der Waals surface area contributed by atoms with Crippen LogP contribution in [0.15, 0.2) is 82.8 Å². The third-order valence-corrected chi connectivity index (χ3v) is 11.2. The summed E-state index contributed by atoms with van der Waals surface area (Å²) in [4.78, 5) is 2.70. The number of benzene rings is 2. The Morgan fingerprint density at radius 1 is 0.968 bits per heavy atom. The average molecular weight is 450 g/mol. The summed E-state index contributed by atoms with van der Waals surface area (Å²) in [6.45, 7) is 10.6. The molecular weight excluding hydrogens is 413 g/mol. The molecule has 0 N–H and O–H groups in total. The summed E-state index contributed by atoms with van der Waals surface area (Å²) in [5, 5.41) is 6.30. The number of likely N-dealkylation sites (tertiary alicyclic amines) is 1. The van der Waals surface area contributed by atoms with E-state index < -0.39 is 16.0 Å². The second-order valence-electron chi connectivity index (χ2n) is 9.73. The Kier molecular flexibility index (Phi) is 7.28. The van der Waals surface area contributed by atoms with E-state index in [4.69, 9.17) is 4.74 Å². The van der Waals surface area contributed by atoms with Crippen molar-refractivity contribution in [2.24, 2.45) is 0 Å². The van der Waals surface area contributed by atoms with Crippen LogP contribution in [-0.4, -0.2) is 45.8 Å². The molecule has 1 atom stereocenters. The minimum absolute atomic E-state index is 0.516. The summed E-state index contributed by atoms with van der Waals surface area (Å²) in [6.07, 6.45) is 6.23. The molecule has 0 aromatic heterocycles. The molecule has 2 aromatic carbocycles. The van der Waals surface area contributed by atoms with Crippen molar-refractivity contribution in [3.05, 3.63) is 82.8 Å². The monoisotopic (exact) mass is 449 g/mol. The van der Waals surface area contributed by atoms with Crippen LogP contribution in [0.2, 0.25) is 19.6 Å². The lowest BCUT2D eigenvalue weighted by Crippen LogP contribution is -2.37. The first-order valence-corrected chi connectivity index (χ1v) is 16.4. The normalized spacial score (nSPS) is 20.0. The Morgan fingerprint density at radius 2 is 1.58 bits per heavy atom. The maximum Gasteiger partial charge on any atom is 0.0776 e. The molecule has 0 spiro atoms. The first-order valence-electron chi connectivity index (χ1n) is 11.6. The highest BCUT2D eigenvalue weighted by molar-refractivity contribution is 7.76. The highest BCUT2D eigenvalue weighted by Gasteiger charge is 2.35. The Hall–Kier alpha value is -1.51. The Labute approximate surface area is 190 Å². The van der Waals surface area contributed by atoms with E-state index in [0.29, 0.717) is 6.04 Å². The molecule has 1 aliphatic heterocycles. The molecule has 2 aromatic rings. The lowest BCUT2D eigenvalue weighted by atomic mass is 10.2. The summed E-state index contributed by atoms with van der Waals surface area (Å²) in [5.41, 5.74) is 1.65. The third-order valence-electron chi connectivity index (χ3n) is 6.50. The number of ether oxygens (including phenoxy) is 1. The fourth-order valence-corrected chi connectivity index (χ4v) is 9.62.